The number of ether oxygens (including phenoxy) is 1. The summed E-state index contributed by atoms with van der Waals surface area (Å²) in [6.45, 7) is 9.57. The molecule has 0 aliphatic carbocycles. The number of hydrogen-bond acceptors (Lipinski definition) is 15. The molecule has 15 rings (SSSR count). The number of nitrogens with two attached hydrogens (primary N) is 1. The highest BCUT2D eigenvalue weighted by atomic mass is 19.2. The van der Waals surface area contributed by atoms with E-state index in [1.807, 2.05) is 54.6 Å². The molecule has 2 saturated heterocycles. The fourth-order valence-electron chi connectivity index (χ4n) is 13.1. The highest BCUT2D eigenvalue weighted by Gasteiger charge is 2.33. The van der Waals surface area contributed by atoms with E-state index >= 15 is 0 Å². The minimum Gasteiger partial charge on any atom is -0.481 e. The summed E-state index contributed by atoms with van der Waals surface area (Å²) in [5.74, 6) is -1.30. The van der Waals surface area contributed by atoms with Crippen LogP contribution in [0.2, 0.25) is 0 Å². The first kappa shape index (κ1) is 61.7. The zero-order chi connectivity index (χ0) is 64.0. The summed E-state index contributed by atoms with van der Waals surface area (Å²) in [5.41, 5.74) is 16.3. The number of nitrogens with zero attached hydrogens (tertiary/aromatic N) is 13. The van der Waals surface area contributed by atoms with E-state index in [4.69, 9.17) is 20.4 Å². The van der Waals surface area contributed by atoms with Crippen molar-refractivity contribution in [2.45, 2.75) is 64.5 Å². The van der Waals surface area contributed by atoms with Gasteiger partial charge in [0.15, 0.2) is 34.9 Å². The number of nitrogen functional groups attached to an aromatic ring is 1. The summed E-state index contributed by atoms with van der Waals surface area (Å²) in [7, 11) is 1.57. The summed E-state index contributed by atoms with van der Waals surface area (Å²) >= 11 is 0. The van der Waals surface area contributed by atoms with Crippen LogP contribution in [0.5, 0.6) is 5.88 Å². The second-order valence-corrected chi connectivity index (χ2v) is 23.7. The Morgan fingerprint density at radius 2 is 1.08 bits per heavy atom. The number of fused-ring (bicyclic) bond motifs is 8. The largest absolute Gasteiger partial charge is 0.481 e. The van der Waals surface area contributed by atoms with Gasteiger partial charge in [-0.15, -0.1) is 0 Å². The lowest BCUT2D eigenvalue weighted by molar-refractivity contribution is 0.101. The molecule has 2 fully saturated rings. The van der Waals surface area contributed by atoms with Crippen LogP contribution in [-0.4, -0.2) is 138 Å². The van der Waals surface area contributed by atoms with Crippen LogP contribution in [0.1, 0.15) is 68.9 Å². The third-order valence-electron chi connectivity index (χ3n) is 17.9. The number of piperazine rings is 2. The van der Waals surface area contributed by atoms with Crippen LogP contribution in [0.4, 0.5) is 46.3 Å². The Labute approximate surface area is 534 Å². The molecule has 0 atom stereocenters. The molecule has 0 unspecified atom stereocenters. The second-order valence-electron chi connectivity index (χ2n) is 23.7. The minimum absolute atomic E-state index is 0.180. The summed E-state index contributed by atoms with van der Waals surface area (Å²) in [6, 6.07) is 29.3. The van der Waals surface area contributed by atoms with Crippen molar-refractivity contribution in [3.8, 4) is 5.88 Å². The lowest BCUT2D eigenvalue weighted by Crippen LogP contribution is -2.47. The van der Waals surface area contributed by atoms with Crippen molar-refractivity contribution < 1.29 is 31.9 Å². The summed E-state index contributed by atoms with van der Waals surface area (Å²) in [4.78, 5) is 68.3. The van der Waals surface area contributed by atoms with Gasteiger partial charge in [0.25, 0.3) is 11.8 Å². The molecule has 11 aromatic rings. The number of aryl methyl sites for hydroxylation is 2. The fraction of sp³-hybridized carbons (Fsp3) is 0.300. The van der Waals surface area contributed by atoms with Gasteiger partial charge in [0.05, 0.1) is 59.4 Å². The summed E-state index contributed by atoms with van der Waals surface area (Å²) in [6.07, 6.45) is 16.9. The molecule has 476 valence electrons. The molecule has 23 heteroatoms. The van der Waals surface area contributed by atoms with Crippen molar-refractivity contribution in [2.75, 3.05) is 98.7 Å². The fourth-order valence-corrected chi connectivity index (χ4v) is 13.1. The number of hydrogen-bond donors (Lipinski definition) is 3. The number of carbonyl (C=O) groups excluding carboxylic acids is 2. The van der Waals surface area contributed by atoms with E-state index < -0.39 is 23.3 Å². The molecule has 2 amide bonds. The summed E-state index contributed by atoms with van der Waals surface area (Å²) < 4.78 is 63.1. The second kappa shape index (κ2) is 27.8. The number of methoxy groups -OCH3 is 1. The molecule has 4 aliphatic heterocycles. The van der Waals surface area contributed by atoms with Crippen molar-refractivity contribution in [3.05, 3.63) is 197 Å². The van der Waals surface area contributed by atoms with Crippen LogP contribution in [0.25, 0.3) is 43.7 Å². The molecule has 0 radical (unpaired) electrons. The maximum atomic E-state index is 13.9. The van der Waals surface area contributed by atoms with E-state index in [9.17, 15) is 27.2 Å². The number of rotatable bonds is 13. The molecule has 11 heterocycles. The molecule has 93 heavy (non-hydrogen) atoms. The quantitative estimate of drug-likeness (QED) is 0.0918. The van der Waals surface area contributed by atoms with Gasteiger partial charge in [0.2, 0.25) is 5.88 Å². The van der Waals surface area contributed by atoms with Crippen LogP contribution < -0.4 is 30.9 Å². The monoisotopic (exact) mass is 1260 g/mol. The number of nitrogens with one attached hydrogen (secondary N) is 2. The Hall–Kier alpha value is -10.1. The first-order chi connectivity index (χ1) is 45.4. The summed E-state index contributed by atoms with van der Waals surface area (Å²) in [5, 5.41) is 9.08. The number of carbonyl (C=O) groups is 2. The van der Waals surface area contributed by atoms with Crippen LogP contribution >= 0.6 is 0 Å². The van der Waals surface area contributed by atoms with Crippen molar-refractivity contribution in [1.82, 2.24) is 53.8 Å². The number of benzene rings is 4. The molecule has 7 aromatic heterocycles. The molecule has 0 spiro atoms. The Morgan fingerprint density at radius 3 is 1.62 bits per heavy atom. The van der Waals surface area contributed by atoms with Crippen LogP contribution in [0.3, 0.4) is 0 Å². The van der Waals surface area contributed by atoms with Crippen LogP contribution in [0, 0.1) is 23.3 Å². The molecule has 4 aromatic carbocycles. The van der Waals surface area contributed by atoms with Gasteiger partial charge in [-0.25, -0.2) is 42.5 Å². The van der Waals surface area contributed by atoms with Gasteiger partial charge in [-0.05, 0) is 105 Å². The third-order valence-corrected chi connectivity index (χ3v) is 17.9. The smallest absolute Gasteiger partial charge is 0.259 e. The first-order valence-electron chi connectivity index (χ1n) is 31.5. The minimum atomic E-state index is -0.817. The van der Waals surface area contributed by atoms with Gasteiger partial charge in [0.1, 0.15) is 34.7 Å². The zero-order valence-electron chi connectivity index (χ0n) is 51.5. The lowest BCUT2D eigenvalue weighted by atomic mass is 10.1. The molecule has 19 nitrogen and oxygen atoms in total. The van der Waals surface area contributed by atoms with E-state index in [2.05, 4.69) is 64.3 Å². The van der Waals surface area contributed by atoms with Gasteiger partial charge in [-0.1, -0.05) is 54.6 Å². The third kappa shape index (κ3) is 13.5. The predicted molar refractivity (Wildman–Crippen MR) is 353 cm³/mol. The Morgan fingerprint density at radius 1 is 0.527 bits per heavy atom. The Balaban J connectivity index is 0.000000149. The van der Waals surface area contributed by atoms with Crippen molar-refractivity contribution in [1.29, 1.82) is 0 Å². The van der Waals surface area contributed by atoms with Gasteiger partial charge in [-0.3, -0.25) is 29.4 Å². The Kier molecular flexibility index (Phi) is 18.4. The van der Waals surface area contributed by atoms with E-state index in [1.165, 1.54) is 24.3 Å². The molecule has 4 N–H and O–H groups in total. The number of pyridine rings is 3. The number of halogens is 4. The SMILES string of the molecule is COc1ccc(N)cn1.O=C(Nc1cnc2ccccc2c1)c1c2n(c3c(N4CCN(CCc5ccc(F)c(F)c5)CC4)ncnc13)CCCC2.O=C(Nc1cncc2ccccc12)c1c2n(c3c(N4CCN(CCc5ccc(F)c(F)c5)CC4)ncnc13)CCCC2. The topological polar surface area (TPSA) is 206 Å². The highest BCUT2D eigenvalue weighted by Crippen LogP contribution is 2.38. The standard InChI is InChI=1S/2C32H31F2N7O.C6H8N2O/c33-24-9-8-21(17-25(24)34)10-12-39-13-15-40(16-14-39)31-30-29(36-20-37-31)28(27-7-3-4-11-41(27)30)32(42)38-23-18-22-5-1-2-6-26(22)35-19-23;33-24-9-8-21(17-25(24)34)10-12-39-13-15-40(16-14-39)31-30-29(36-20-37-31)28(27-7-3-4-11-41(27)30)32(42)38-26-19-35-18-22-5-1-2-6-23(22)26;1-9-6-3-2-5(7)4-8-6/h2*1-2,5-6,8-9,17-20H,3-4,7,10-16H2,(H,38,42);2-4H,7H2,1H3. The molecular formula is C70H70F4N16O3. The number of para-hydroxylation sites is 1. The van der Waals surface area contributed by atoms with Crippen molar-refractivity contribution in [2.24, 2.45) is 0 Å². The van der Waals surface area contributed by atoms with E-state index in [1.54, 1.807) is 68.8 Å². The van der Waals surface area contributed by atoms with Crippen molar-refractivity contribution >= 4 is 84.3 Å². The maximum Gasteiger partial charge on any atom is 0.259 e. The van der Waals surface area contributed by atoms with Gasteiger partial charge in [-0.2, -0.15) is 0 Å². The predicted octanol–water partition coefficient (Wildman–Crippen LogP) is 11.1. The van der Waals surface area contributed by atoms with E-state index in [0.29, 0.717) is 57.9 Å². The van der Waals surface area contributed by atoms with Crippen molar-refractivity contribution in [3.63, 3.8) is 0 Å². The average Bonchev–Trinajstić information content (AvgIpc) is 1.60. The van der Waals surface area contributed by atoms with Gasteiger partial charge >= 0.3 is 0 Å². The first-order valence-corrected chi connectivity index (χ1v) is 31.5. The van der Waals surface area contributed by atoms with E-state index in [-0.39, 0.29) is 11.8 Å². The van der Waals surface area contributed by atoms with Crippen LogP contribution in [-0.2, 0) is 38.8 Å². The lowest BCUT2D eigenvalue weighted by Gasteiger charge is -2.35. The molecule has 0 saturated carbocycles. The number of amides is 2. The van der Waals surface area contributed by atoms with Gasteiger partial charge < -0.3 is 40.0 Å². The average molecular weight is 1260 g/mol. The number of aromatic nitrogens is 9. The van der Waals surface area contributed by atoms with Gasteiger partial charge in [0, 0.05) is 118 Å². The maximum absolute atomic E-state index is 13.9. The molecule has 0 bridgehead atoms. The Bertz CT molecular complexity index is 4520. The highest BCUT2D eigenvalue weighted by molar-refractivity contribution is 6.17. The normalized spacial score (nSPS) is 15.1. The molecule has 4 aliphatic rings. The van der Waals surface area contributed by atoms with E-state index in [0.717, 1.165) is 184 Å². The zero-order valence-corrected chi connectivity index (χ0v) is 51.5. The molecular weight excluding hydrogens is 1190 g/mol. The van der Waals surface area contributed by atoms with Crippen LogP contribution in [0.15, 0.2) is 141 Å². The number of anilines is 5.